The van der Waals surface area contributed by atoms with Gasteiger partial charge in [0.05, 0.1) is 5.69 Å². The Morgan fingerprint density at radius 3 is 2.48 bits per heavy atom. The maximum absolute atomic E-state index is 12.9. The molecule has 0 bridgehead atoms. The molecule has 5 heteroatoms. The van der Waals surface area contributed by atoms with E-state index in [1.54, 1.807) is 4.68 Å². The number of hydrogen-bond acceptors (Lipinski definition) is 2. The molecule has 2 aliphatic carbocycles. The molecule has 5 nitrogen and oxygen atoms in total. The van der Waals surface area contributed by atoms with Crippen molar-refractivity contribution in [2.24, 2.45) is 5.92 Å². The molecular weight excluding hydrogens is 338 g/mol. The number of aromatic nitrogens is 2. The topological polar surface area (TPSA) is 66.9 Å². The van der Waals surface area contributed by atoms with E-state index in [-0.39, 0.29) is 17.4 Å². The number of carbonyl (C=O) groups is 1. The van der Waals surface area contributed by atoms with Crippen molar-refractivity contribution < 1.29 is 4.79 Å². The normalized spacial score (nSPS) is 20.7. The number of carbonyl (C=O) groups excluding carboxylic acids is 1. The van der Waals surface area contributed by atoms with Crippen molar-refractivity contribution in [3.8, 4) is 5.69 Å². The number of nitrogens with zero attached hydrogens (tertiary/aromatic N) is 1. The van der Waals surface area contributed by atoms with Crippen molar-refractivity contribution in [2.45, 2.75) is 70.8 Å². The van der Waals surface area contributed by atoms with Crippen LogP contribution in [0.5, 0.6) is 0 Å². The predicted molar refractivity (Wildman–Crippen MR) is 106 cm³/mol. The van der Waals surface area contributed by atoms with E-state index in [2.05, 4.69) is 10.4 Å². The van der Waals surface area contributed by atoms with Gasteiger partial charge in [0.15, 0.2) is 0 Å². The van der Waals surface area contributed by atoms with E-state index in [1.807, 2.05) is 31.2 Å². The third-order valence-corrected chi connectivity index (χ3v) is 6.17. The lowest BCUT2D eigenvalue weighted by Gasteiger charge is -2.25. The molecule has 1 atom stereocenters. The van der Waals surface area contributed by atoms with Crippen LogP contribution >= 0.6 is 0 Å². The zero-order chi connectivity index (χ0) is 18.8. The van der Waals surface area contributed by atoms with Crippen molar-refractivity contribution in [3.63, 3.8) is 0 Å². The molecule has 0 aliphatic heterocycles. The summed E-state index contributed by atoms with van der Waals surface area (Å²) >= 11 is 0. The first-order valence-corrected chi connectivity index (χ1v) is 10.3. The fourth-order valence-corrected chi connectivity index (χ4v) is 4.47. The van der Waals surface area contributed by atoms with Crippen molar-refractivity contribution in [1.29, 1.82) is 0 Å². The molecule has 1 heterocycles. The van der Waals surface area contributed by atoms with Crippen molar-refractivity contribution in [3.05, 3.63) is 51.4 Å². The Hall–Kier alpha value is -2.30. The Morgan fingerprint density at radius 2 is 1.74 bits per heavy atom. The molecule has 27 heavy (non-hydrogen) atoms. The number of H-pyrrole nitrogens is 1. The first-order valence-electron chi connectivity index (χ1n) is 10.3. The summed E-state index contributed by atoms with van der Waals surface area (Å²) in [5.41, 5.74) is 3.91. The Kier molecular flexibility index (Phi) is 5.19. The molecule has 0 spiro atoms. The van der Waals surface area contributed by atoms with E-state index >= 15 is 0 Å². The number of nitrogens with one attached hydrogen (secondary N) is 2. The molecule has 144 valence electrons. The first-order chi connectivity index (χ1) is 13.1. The zero-order valence-corrected chi connectivity index (χ0v) is 16.1. The Balaban J connectivity index is 1.45. The van der Waals surface area contributed by atoms with E-state index in [0.29, 0.717) is 12.5 Å². The highest BCUT2D eigenvalue weighted by Crippen LogP contribution is 2.24. The molecule has 1 aromatic heterocycles. The maximum Gasteiger partial charge on any atom is 0.274 e. The lowest BCUT2D eigenvalue weighted by Crippen LogP contribution is -2.40. The van der Waals surface area contributed by atoms with Gasteiger partial charge in [0, 0.05) is 23.2 Å². The number of fused-ring (bicyclic) bond motifs is 1. The molecule has 1 amide bonds. The van der Waals surface area contributed by atoms with Gasteiger partial charge in [0.1, 0.15) is 0 Å². The van der Waals surface area contributed by atoms with Gasteiger partial charge in [-0.2, -0.15) is 0 Å². The van der Waals surface area contributed by atoms with Crippen LogP contribution in [-0.4, -0.2) is 21.7 Å². The highest BCUT2D eigenvalue weighted by atomic mass is 16.2. The third-order valence-electron chi connectivity index (χ3n) is 6.17. The fourth-order valence-electron chi connectivity index (χ4n) is 4.47. The number of benzene rings is 1. The summed E-state index contributed by atoms with van der Waals surface area (Å²) in [5.74, 6) is 0.200. The Bertz CT molecular complexity index is 857. The van der Waals surface area contributed by atoms with Gasteiger partial charge in [-0.05, 0) is 57.6 Å². The highest BCUT2D eigenvalue weighted by Gasteiger charge is 2.27. The molecule has 4 rings (SSSR count). The number of hydrogen-bond donors (Lipinski definition) is 2. The minimum absolute atomic E-state index is 0.0138. The van der Waals surface area contributed by atoms with E-state index in [9.17, 15) is 9.59 Å². The largest absolute Gasteiger partial charge is 0.353 e. The Labute approximate surface area is 160 Å². The van der Waals surface area contributed by atoms with Crippen LogP contribution in [-0.2, 0) is 17.6 Å². The smallest absolute Gasteiger partial charge is 0.274 e. The molecule has 0 saturated heterocycles. The van der Waals surface area contributed by atoms with Gasteiger partial charge in [-0.25, -0.2) is 4.68 Å². The van der Waals surface area contributed by atoms with Crippen LogP contribution in [0.15, 0.2) is 29.1 Å². The minimum atomic E-state index is 0.0138. The van der Waals surface area contributed by atoms with Crippen molar-refractivity contribution in [1.82, 2.24) is 15.1 Å². The van der Waals surface area contributed by atoms with Crippen LogP contribution in [0.25, 0.3) is 5.69 Å². The quantitative estimate of drug-likeness (QED) is 0.817. The summed E-state index contributed by atoms with van der Waals surface area (Å²) in [4.78, 5) is 25.6. The fraction of sp³-hybridized carbons (Fsp3) is 0.545. The lowest BCUT2D eigenvalue weighted by atomic mass is 9.93. The van der Waals surface area contributed by atoms with E-state index in [0.717, 1.165) is 49.0 Å². The molecule has 1 saturated carbocycles. The van der Waals surface area contributed by atoms with Gasteiger partial charge in [-0.3, -0.25) is 14.7 Å². The summed E-state index contributed by atoms with van der Waals surface area (Å²) in [6, 6.07) is 8.31. The van der Waals surface area contributed by atoms with Gasteiger partial charge in [-0.1, -0.05) is 37.0 Å². The number of aryl methyl sites for hydroxylation is 2. The Morgan fingerprint density at radius 1 is 1.04 bits per heavy atom. The molecule has 1 unspecified atom stereocenters. The molecular formula is C22H29N3O2. The highest BCUT2D eigenvalue weighted by molar-refractivity contribution is 5.79. The second-order valence-corrected chi connectivity index (χ2v) is 8.16. The molecule has 0 radical (unpaired) electrons. The monoisotopic (exact) mass is 367 g/mol. The van der Waals surface area contributed by atoms with Crippen LogP contribution in [0, 0.1) is 12.8 Å². The van der Waals surface area contributed by atoms with Crippen LogP contribution in [0.1, 0.15) is 61.8 Å². The second-order valence-electron chi connectivity index (χ2n) is 8.16. The number of amides is 1. The summed E-state index contributed by atoms with van der Waals surface area (Å²) in [6.45, 7) is 2.04. The molecule has 1 fully saturated rings. The minimum Gasteiger partial charge on any atom is -0.353 e. The van der Waals surface area contributed by atoms with Gasteiger partial charge in [0.25, 0.3) is 5.56 Å². The molecule has 2 aromatic rings. The van der Waals surface area contributed by atoms with Crippen LogP contribution < -0.4 is 10.9 Å². The summed E-state index contributed by atoms with van der Waals surface area (Å²) in [7, 11) is 0. The summed E-state index contributed by atoms with van der Waals surface area (Å²) in [6.07, 6.45) is 8.94. The average Bonchev–Trinajstić information content (AvgIpc) is 2.86. The maximum atomic E-state index is 12.9. The van der Waals surface area contributed by atoms with Crippen LogP contribution in [0.4, 0.5) is 0 Å². The van der Waals surface area contributed by atoms with Crippen LogP contribution in [0.2, 0.25) is 0 Å². The lowest BCUT2D eigenvalue weighted by molar-refractivity contribution is -0.126. The first kappa shape index (κ1) is 18.1. The van der Waals surface area contributed by atoms with E-state index < -0.39 is 0 Å². The van der Waals surface area contributed by atoms with Gasteiger partial charge >= 0.3 is 0 Å². The molecule has 2 N–H and O–H groups in total. The SMILES string of the molecule is Cc1ccc(-n2[nH]c3c(c2=O)CCC(C(=O)NC2CCCCC2)CC3)cc1. The standard InChI is InChI=1S/C22H29N3O2/c1-15-7-11-18(12-8-15)25-22(27)19-13-9-16(10-14-20(19)24-25)21(26)23-17-5-3-2-4-6-17/h7-8,11-12,16-17,24H,2-6,9-10,13-14H2,1H3,(H,23,26). The summed E-state index contributed by atoms with van der Waals surface area (Å²) in [5, 5.41) is 6.55. The predicted octanol–water partition coefficient (Wildman–Crippen LogP) is 3.42. The number of rotatable bonds is 3. The molecule has 2 aliphatic rings. The van der Waals surface area contributed by atoms with Crippen LogP contribution in [0.3, 0.4) is 0 Å². The van der Waals surface area contributed by atoms with Crippen molar-refractivity contribution >= 4 is 5.91 Å². The van der Waals surface area contributed by atoms with E-state index in [1.165, 1.54) is 24.8 Å². The third kappa shape index (κ3) is 3.87. The average molecular weight is 367 g/mol. The van der Waals surface area contributed by atoms with Gasteiger partial charge in [-0.15, -0.1) is 0 Å². The van der Waals surface area contributed by atoms with Gasteiger partial charge in [0.2, 0.25) is 5.91 Å². The molecule has 1 aromatic carbocycles. The van der Waals surface area contributed by atoms with Gasteiger partial charge < -0.3 is 5.32 Å². The van der Waals surface area contributed by atoms with E-state index in [4.69, 9.17) is 0 Å². The van der Waals surface area contributed by atoms with Crippen molar-refractivity contribution in [2.75, 3.05) is 0 Å². The second kappa shape index (κ2) is 7.75. The number of aromatic amines is 1. The zero-order valence-electron chi connectivity index (χ0n) is 16.1. The summed E-state index contributed by atoms with van der Waals surface area (Å²) < 4.78 is 1.65.